The van der Waals surface area contributed by atoms with E-state index < -0.39 is 0 Å². The van der Waals surface area contributed by atoms with Crippen LogP contribution in [0.15, 0.2) is 24.3 Å². The summed E-state index contributed by atoms with van der Waals surface area (Å²) < 4.78 is 15.1. The van der Waals surface area contributed by atoms with Crippen molar-refractivity contribution >= 4 is 5.97 Å². The molecule has 0 bridgehead atoms. The number of esters is 1. The van der Waals surface area contributed by atoms with Gasteiger partial charge in [0.25, 0.3) is 0 Å². The van der Waals surface area contributed by atoms with Gasteiger partial charge in [-0.15, -0.1) is 0 Å². The Kier molecular flexibility index (Phi) is 8.42. The first-order valence-corrected chi connectivity index (χ1v) is 6.74. The summed E-state index contributed by atoms with van der Waals surface area (Å²) >= 11 is 0. The maximum Gasteiger partial charge on any atom is 0.305 e. The van der Waals surface area contributed by atoms with Gasteiger partial charge < -0.3 is 19.5 Å². The summed E-state index contributed by atoms with van der Waals surface area (Å²) in [6.07, 6.45) is 1.05. The number of hydrogen-bond donors (Lipinski definition) is 1. The molecule has 0 aliphatic heterocycles. The van der Waals surface area contributed by atoms with Crippen LogP contribution in [0.1, 0.15) is 18.4 Å². The number of ether oxygens (including phenoxy) is 3. The van der Waals surface area contributed by atoms with Gasteiger partial charge in [-0.05, 0) is 24.1 Å². The number of nitrogens with one attached hydrogen (secondary N) is 1. The molecule has 0 aliphatic carbocycles. The van der Waals surface area contributed by atoms with Gasteiger partial charge in [0.05, 0.1) is 20.3 Å². The number of carbonyl (C=O) groups excluding carboxylic acids is 1. The third-order valence-electron chi connectivity index (χ3n) is 2.76. The van der Waals surface area contributed by atoms with E-state index in [1.54, 1.807) is 7.11 Å². The Hall–Kier alpha value is -1.59. The number of methoxy groups -OCH3 is 2. The molecule has 0 saturated carbocycles. The van der Waals surface area contributed by atoms with Crippen molar-refractivity contribution in [3.05, 3.63) is 29.8 Å². The second-order valence-electron chi connectivity index (χ2n) is 4.34. The molecular formula is C15H23NO4. The van der Waals surface area contributed by atoms with Gasteiger partial charge in [0.2, 0.25) is 0 Å². The van der Waals surface area contributed by atoms with Crippen LogP contribution in [0.2, 0.25) is 0 Å². The highest BCUT2D eigenvalue weighted by molar-refractivity contribution is 5.69. The molecule has 0 aromatic heterocycles. The standard InChI is InChI=1S/C15H23NO4/c1-18-11-9-16-12-13-5-7-14(8-6-13)20-10-3-4-15(17)19-2/h5-8,16H,3-4,9-12H2,1-2H3. The van der Waals surface area contributed by atoms with E-state index in [-0.39, 0.29) is 5.97 Å². The second kappa shape index (κ2) is 10.2. The lowest BCUT2D eigenvalue weighted by molar-refractivity contribution is -0.140. The summed E-state index contributed by atoms with van der Waals surface area (Å²) in [6.45, 7) is 2.87. The zero-order chi connectivity index (χ0) is 14.6. The number of benzene rings is 1. The average molecular weight is 281 g/mol. The lowest BCUT2D eigenvalue weighted by atomic mass is 10.2. The fourth-order valence-corrected chi connectivity index (χ4v) is 1.62. The summed E-state index contributed by atoms with van der Waals surface area (Å²) in [5.41, 5.74) is 1.20. The summed E-state index contributed by atoms with van der Waals surface area (Å²) in [5, 5.41) is 3.28. The van der Waals surface area contributed by atoms with Crippen molar-refractivity contribution in [1.82, 2.24) is 5.32 Å². The van der Waals surface area contributed by atoms with Crippen LogP contribution < -0.4 is 10.1 Å². The summed E-state index contributed by atoms with van der Waals surface area (Å²) in [5.74, 6) is 0.613. The van der Waals surface area contributed by atoms with Gasteiger partial charge in [-0.1, -0.05) is 12.1 Å². The van der Waals surface area contributed by atoms with Crippen LogP contribution in [-0.4, -0.2) is 39.9 Å². The maximum atomic E-state index is 10.9. The number of hydrogen-bond acceptors (Lipinski definition) is 5. The molecule has 5 heteroatoms. The molecular weight excluding hydrogens is 258 g/mol. The van der Waals surface area contributed by atoms with Crippen LogP contribution in [0.3, 0.4) is 0 Å². The van der Waals surface area contributed by atoms with E-state index in [4.69, 9.17) is 9.47 Å². The predicted octanol–water partition coefficient (Wildman–Crippen LogP) is 1.75. The Balaban J connectivity index is 2.19. The lowest BCUT2D eigenvalue weighted by Gasteiger charge is -2.08. The van der Waals surface area contributed by atoms with Crippen LogP contribution >= 0.6 is 0 Å². The molecule has 0 fully saturated rings. The Bertz CT molecular complexity index is 378. The quantitative estimate of drug-likeness (QED) is 0.523. The molecule has 20 heavy (non-hydrogen) atoms. The Labute approximate surface area is 120 Å². The summed E-state index contributed by atoms with van der Waals surface area (Å²) in [7, 11) is 3.08. The van der Waals surface area contributed by atoms with Gasteiger partial charge in [-0.3, -0.25) is 4.79 Å². The molecule has 5 nitrogen and oxygen atoms in total. The average Bonchev–Trinajstić information content (AvgIpc) is 2.49. The van der Waals surface area contributed by atoms with Gasteiger partial charge in [0, 0.05) is 26.6 Å². The first-order chi connectivity index (χ1) is 9.76. The fourth-order valence-electron chi connectivity index (χ4n) is 1.62. The Morgan fingerprint density at radius 1 is 1.15 bits per heavy atom. The number of carbonyl (C=O) groups is 1. The molecule has 0 spiro atoms. The zero-order valence-corrected chi connectivity index (χ0v) is 12.2. The lowest BCUT2D eigenvalue weighted by Crippen LogP contribution is -2.18. The molecule has 1 rings (SSSR count). The minimum Gasteiger partial charge on any atom is -0.494 e. The smallest absolute Gasteiger partial charge is 0.305 e. The van der Waals surface area contributed by atoms with E-state index in [2.05, 4.69) is 10.1 Å². The van der Waals surface area contributed by atoms with Gasteiger partial charge in [-0.25, -0.2) is 0 Å². The highest BCUT2D eigenvalue weighted by atomic mass is 16.5. The molecule has 1 aromatic rings. The SMILES string of the molecule is COCCNCc1ccc(OCCCC(=O)OC)cc1. The largest absolute Gasteiger partial charge is 0.494 e. The van der Waals surface area contributed by atoms with E-state index >= 15 is 0 Å². The van der Waals surface area contributed by atoms with E-state index in [9.17, 15) is 4.79 Å². The molecule has 0 heterocycles. The summed E-state index contributed by atoms with van der Waals surface area (Å²) in [6, 6.07) is 7.92. The molecule has 0 atom stereocenters. The second-order valence-corrected chi connectivity index (χ2v) is 4.34. The van der Waals surface area contributed by atoms with Crippen molar-refractivity contribution in [3.63, 3.8) is 0 Å². The monoisotopic (exact) mass is 281 g/mol. The third kappa shape index (κ3) is 7.11. The first kappa shape index (κ1) is 16.5. The molecule has 1 N–H and O–H groups in total. The molecule has 0 saturated heterocycles. The van der Waals surface area contributed by atoms with Gasteiger partial charge in [-0.2, -0.15) is 0 Å². The van der Waals surface area contributed by atoms with Crippen LogP contribution in [0.5, 0.6) is 5.75 Å². The normalized spacial score (nSPS) is 10.3. The summed E-state index contributed by atoms with van der Waals surface area (Å²) in [4.78, 5) is 10.9. The van der Waals surface area contributed by atoms with E-state index in [0.29, 0.717) is 26.1 Å². The van der Waals surface area contributed by atoms with Crippen LogP contribution in [0.25, 0.3) is 0 Å². The van der Waals surface area contributed by atoms with Crippen molar-refractivity contribution in [2.75, 3.05) is 34.0 Å². The minimum absolute atomic E-state index is 0.203. The minimum atomic E-state index is -0.203. The van der Waals surface area contributed by atoms with Gasteiger partial charge in [0.15, 0.2) is 0 Å². The highest BCUT2D eigenvalue weighted by Gasteiger charge is 2.00. The Morgan fingerprint density at radius 2 is 1.90 bits per heavy atom. The van der Waals surface area contributed by atoms with Gasteiger partial charge >= 0.3 is 5.97 Å². The van der Waals surface area contributed by atoms with Crippen molar-refractivity contribution in [3.8, 4) is 5.75 Å². The molecule has 1 aromatic carbocycles. The fraction of sp³-hybridized carbons (Fsp3) is 0.533. The predicted molar refractivity (Wildman–Crippen MR) is 76.8 cm³/mol. The van der Waals surface area contributed by atoms with Crippen molar-refractivity contribution in [2.24, 2.45) is 0 Å². The number of rotatable bonds is 10. The highest BCUT2D eigenvalue weighted by Crippen LogP contribution is 2.12. The first-order valence-electron chi connectivity index (χ1n) is 6.74. The third-order valence-corrected chi connectivity index (χ3v) is 2.76. The van der Waals surface area contributed by atoms with Crippen molar-refractivity contribution in [1.29, 1.82) is 0 Å². The maximum absolute atomic E-state index is 10.9. The van der Waals surface area contributed by atoms with E-state index in [0.717, 1.165) is 18.8 Å². The molecule has 0 aliphatic rings. The molecule has 112 valence electrons. The zero-order valence-electron chi connectivity index (χ0n) is 12.2. The molecule has 0 radical (unpaired) electrons. The molecule has 0 unspecified atom stereocenters. The topological polar surface area (TPSA) is 56.8 Å². The van der Waals surface area contributed by atoms with E-state index in [1.807, 2.05) is 24.3 Å². The van der Waals surface area contributed by atoms with Gasteiger partial charge in [0.1, 0.15) is 5.75 Å². The van der Waals surface area contributed by atoms with E-state index in [1.165, 1.54) is 12.7 Å². The Morgan fingerprint density at radius 3 is 2.55 bits per heavy atom. The van der Waals surface area contributed by atoms with Crippen molar-refractivity contribution in [2.45, 2.75) is 19.4 Å². The van der Waals surface area contributed by atoms with Crippen LogP contribution in [0.4, 0.5) is 0 Å². The van der Waals surface area contributed by atoms with Crippen LogP contribution in [-0.2, 0) is 20.8 Å². The van der Waals surface area contributed by atoms with Crippen molar-refractivity contribution < 1.29 is 19.0 Å². The van der Waals surface area contributed by atoms with Crippen LogP contribution in [0, 0.1) is 0 Å². The molecule has 0 amide bonds.